The van der Waals surface area contributed by atoms with Gasteiger partial charge in [0.15, 0.2) is 0 Å². The molecule has 0 aromatic carbocycles. The van der Waals surface area contributed by atoms with E-state index >= 15 is 0 Å². The smallest absolute Gasteiger partial charge is 0.269 e. The van der Waals surface area contributed by atoms with Crippen LogP contribution in [0, 0.1) is 17.8 Å². The Balaban J connectivity index is 1.55. The largest absolute Gasteiger partial charge is 0.388 e. The Hall–Kier alpha value is -1.36. The highest BCUT2D eigenvalue weighted by Gasteiger charge is 2.56. The number of aliphatic hydroxyl groups is 1. The third-order valence-corrected chi connectivity index (χ3v) is 7.31. The van der Waals surface area contributed by atoms with Crippen molar-refractivity contribution in [2.24, 2.45) is 17.8 Å². The van der Waals surface area contributed by atoms with Crippen LogP contribution in [0.15, 0.2) is 6.07 Å². The quantitative estimate of drug-likeness (QED) is 0.724. The van der Waals surface area contributed by atoms with Crippen LogP contribution in [0.25, 0.3) is 0 Å². The minimum atomic E-state index is -0.704. The Morgan fingerprint density at radius 1 is 1.25 bits per heavy atom. The van der Waals surface area contributed by atoms with Gasteiger partial charge in [-0.15, -0.1) is 0 Å². The van der Waals surface area contributed by atoms with Gasteiger partial charge in [0.2, 0.25) is 0 Å². The molecule has 1 amide bonds. The molecule has 3 unspecified atom stereocenters. The molecule has 4 aliphatic carbocycles. The molecular formula is C23H37N3O2. The minimum absolute atomic E-state index is 0.0644. The van der Waals surface area contributed by atoms with Crippen molar-refractivity contribution >= 4 is 5.91 Å². The highest BCUT2D eigenvalue weighted by atomic mass is 16.3. The Morgan fingerprint density at radius 2 is 1.93 bits per heavy atom. The molecule has 1 aromatic rings. The van der Waals surface area contributed by atoms with Gasteiger partial charge in [-0.05, 0) is 62.3 Å². The fourth-order valence-electron chi connectivity index (χ4n) is 6.11. The number of carbonyl (C=O) groups excluding carboxylic acids is 1. The Labute approximate surface area is 169 Å². The van der Waals surface area contributed by atoms with Crippen LogP contribution in [0.3, 0.4) is 0 Å². The second-order valence-electron chi connectivity index (χ2n) is 10.8. The second-order valence-corrected chi connectivity index (χ2v) is 10.8. The maximum atomic E-state index is 13.3. The number of carbonyl (C=O) groups is 1. The molecule has 4 saturated carbocycles. The van der Waals surface area contributed by atoms with Crippen molar-refractivity contribution in [2.75, 3.05) is 0 Å². The second kappa shape index (κ2) is 7.16. The highest BCUT2D eigenvalue weighted by molar-refractivity contribution is 5.93. The standard InChI is InChI=1S/C23H37N3O2/c1-5-6-7-8-26-18(12-19(25-26)22(2,3)4)21(27)24-20-17-10-15-9-16(11-17)14-23(20,28)13-15/h12,15-17,20,28H,5-11,13-14H2,1-4H3,(H,24,27). The summed E-state index contributed by atoms with van der Waals surface area (Å²) >= 11 is 0. The molecule has 0 saturated heterocycles. The summed E-state index contributed by atoms with van der Waals surface area (Å²) in [5.41, 5.74) is 0.812. The first-order chi connectivity index (χ1) is 13.2. The molecule has 0 spiro atoms. The molecule has 4 fully saturated rings. The summed E-state index contributed by atoms with van der Waals surface area (Å²) in [4.78, 5) is 13.3. The highest BCUT2D eigenvalue weighted by Crippen LogP contribution is 2.55. The molecule has 5 nitrogen and oxygen atoms in total. The average Bonchev–Trinajstić information content (AvgIpc) is 3.02. The maximum absolute atomic E-state index is 13.3. The zero-order valence-corrected chi connectivity index (χ0v) is 18.0. The summed E-state index contributed by atoms with van der Waals surface area (Å²) < 4.78 is 1.89. The predicted octanol–water partition coefficient (Wildman–Crippen LogP) is 4.04. The molecule has 0 radical (unpaired) electrons. The number of amides is 1. The van der Waals surface area contributed by atoms with Crippen molar-refractivity contribution < 1.29 is 9.90 Å². The number of rotatable bonds is 6. The topological polar surface area (TPSA) is 67.2 Å². The summed E-state index contributed by atoms with van der Waals surface area (Å²) in [6, 6.07) is 1.85. The van der Waals surface area contributed by atoms with Crippen molar-refractivity contribution in [3.05, 3.63) is 17.5 Å². The third-order valence-electron chi connectivity index (χ3n) is 7.31. The van der Waals surface area contributed by atoms with Crippen LogP contribution in [0.4, 0.5) is 0 Å². The van der Waals surface area contributed by atoms with E-state index in [0.29, 0.717) is 23.4 Å². The van der Waals surface area contributed by atoms with E-state index in [-0.39, 0.29) is 17.4 Å². The average molecular weight is 388 g/mol. The van der Waals surface area contributed by atoms with Crippen LogP contribution in [-0.4, -0.2) is 32.4 Å². The van der Waals surface area contributed by atoms with Gasteiger partial charge in [-0.2, -0.15) is 5.10 Å². The fourth-order valence-corrected chi connectivity index (χ4v) is 6.11. The van der Waals surface area contributed by atoms with Crippen molar-refractivity contribution in [1.29, 1.82) is 0 Å². The van der Waals surface area contributed by atoms with Crippen molar-refractivity contribution in [3.8, 4) is 0 Å². The van der Waals surface area contributed by atoms with Crippen LogP contribution in [-0.2, 0) is 12.0 Å². The molecule has 5 rings (SSSR count). The minimum Gasteiger partial charge on any atom is -0.388 e. The summed E-state index contributed by atoms with van der Waals surface area (Å²) in [7, 11) is 0. The van der Waals surface area contributed by atoms with Crippen LogP contribution < -0.4 is 5.32 Å². The van der Waals surface area contributed by atoms with E-state index in [1.54, 1.807) is 0 Å². The Bertz CT molecular complexity index is 719. The number of hydrogen-bond acceptors (Lipinski definition) is 3. The third kappa shape index (κ3) is 3.62. The molecule has 5 heteroatoms. The van der Waals surface area contributed by atoms with Gasteiger partial charge in [0.25, 0.3) is 5.91 Å². The molecule has 4 bridgehead atoms. The Kier molecular flexibility index (Phi) is 5.09. The fraction of sp³-hybridized carbons (Fsp3) is 0.826. The normalized spacial score (nSPS) is 34.0. The lowest BCUT2D eigenvalue weighted by Gasteiger charge is -2.58. The lowest BCUT2D eigenvalue weighted by Crippen LogP contribution is -2.66. The molecule has 2 N–H and O–H groups in total. The van der Waals surface area contributed by atoms with Gasteiger partial charge in [-0.1, -0.05) is 40.5 Å². The number of aryl methyl sites for hydroxylation is 1. The lowest BCUT2D eigenvalue weighted by molar-refractivity contribution is -0.146. The van der Waals surface area contributed by atoms with Crippen LogP contribution >= 0.6 is 0 Å². The summed E-state index contributed by atoms with van der Waals surface area (Å²) in [6.45, 7) is 9.36. The van der Waals surface area contributed by atoms with Gasteiger partial charge in [0.05, 0.1) is 17.3 Å². The van der Waals surface area contributed by atoms with E-state index in [1.165, 1.54) is 6.42 Å². The van der Waals surface area contributed by atoms with Crippen LogP contribution in [0.1, 0.15) is 95.2 Å². The van der Waals surface area contributed by atoms with Crippen LogP contribution in [0.2, 0.25) is 0 Å². The predicted molar refractivity (Wildman–Crippen MR) is 110 cm³/mol. The van der Waals surface area contributed by atoms with E-state index in [2.05, 4.69) is 33.0 Å². The molecule has 1 heterocycles. The molecule has 28 heavy (non-hydrogen) atoms. The number of aromatic nitrogens is 2. The molecular weight excluding hydrogens is 350 g/mol. The zero-order chi connectivity index (χ0) is 20.1. The first kappa shape index (κ1) is 19.9. The van der Waals surface area contributed by atoms with Gasteiger partial charge in [0, 0.05) is 12.0 Å². The number of hydrogen-bond donors (Lipinski definition) is 2. The molecule has 156 valence electrons. The number of unbranched alkanes of at least 4 members (excludes halogenated alkanes) is 2. The summed E-state index contributed by atoms with van der Waals surface area (Å²) in [5.74, 6) is 1.68. The molecule has 0 aliphatic heterocycles. The zero-order valence-electron chi connectivity index (χ0n) is 18.0. The molecule has 4 aliphatic rings. The molecule has 1 aromatic heterocycles. The number of nitrogens with one attached hydrogen (secondary N) is 1. The van der Waals surface area contributed by atoms with E-state index in [0.717, 1.165) is 57.2 Å². The van der Waals surface area contributed by atoms with Crippen molar-refractivity contribution in [1.82, 2.24) is 15.1 Å². The van der Waals surface area contributed by atoms with Crippen molar-refractivity contribution in [2.45, 2.75) is 103 Å². The first-order valence-corrected chi connectivity index (χ1v) is 11.3. The lowest BCUT2D eigenvalue weighted by atomic mass is 9.52. The Morgan fingerprint density at radius 3 is 2.50 bits per heavy atom. The van der Waals surface area contributed by atoms with E-state index in [4.69, 9.17) is 5.10 Å². The monoisotopic (exact) mass is 387 g/mol. The first-order valence-electron chi connectivity index (χ1n) is 11.3. The van der Waals surface area contributed by atoms with Gasteiger partial charge < -0.3 is 10.4 Å². The summed E-state index contributed by atoms with van der Waals surface area (Å²) in [6.07, 6.45) is 8.62. The molecule has 3 atom stereocenters. The summed E-state index contributed by atoms with van der Waals surface area (Å²) in [5, 5.41) is 19.3. The van der Waals surface area contributed by atoms with E-state index < -0.39 is 5.60 Å². The number of nitrogens with zero attached hydrogens (tertiary/aromatic N) is 2. The van der Waals surface area contributed by atoms with Crippen molar-refractivity contribution in [3.63, 3.8) is 0 Å². The van der Waals surface area contributed by atoms with Gasteiger partial charge >= 0.3 is 0 Å². The van der Waals surface area contributed by atoms with E-state index in [9.17, 15) is 9.90 Å². The maximum Gasteiger partial charge on any atom is 0.269 e. The van der Waals surface area contributed by atoms with Gasteiger partial charge in [0.1, 0.15) is 5.69 Å². The van der Waals surface area contributed by atoms with Gasteiger partial charge in [-0.25, -0.2) is 0 Å². The van der Waals surface area contributed by atoms with E-state index in [1.807, 2.05) is 10.7 Å². The van der Waals surface area contributed by atoms with Gasteiger partial charge in [-0.3, -0.25) is 9.48 Å². The SMILES string of the molecule is CCCCCn1nc(C(C)(C)C)cc1C(=O)NC1C2CC3CC(C2)CC1(O)C3. The van der Waals surface area contributed by atoms with Crippen LogP contribution in [0.5, 0.6) is 0 Å².